The zero-order chi connectivity index (χ0) is 13.7. The van der Waals surface area contributed by atoms with Crippen LogP contribution in [-0.4, -0.2) is 36.2 Å². The Kier molecular flexibility index (Phi) is 6.84. The van der Waals surface area contributed by atoms with Gasteiger partial charge in [0.25, 0.3) is 0 Å². The molecule has 1 unspecified atom stereocenters. The van der Waals surface area contributed by atoms with E-state index in [1.54, 1.807) is 43.0 Å². The molecule has 0 saturated carbocycles. The Morgan fingerprint density at radius 3 is 2.95 bits per heavy atom. The van der Waals surface area contributed by atoms with E-state index in [2.05, 4.69) is 10.6 Å². The van der Waals surface area contributed by atoms with Gasteiger partial charge in [0.05, 0.1) is 18.2 Å². The van der Waals surface area contributed by atoms with Crippen LogP contribution in [0.15, 0.2) is 24.3 Å². The largest absolute Gasteiger partial charge is 0.462 e. The second kappa shape index (κ2) is 8.14. The molecule has 1 heterocycles. The van der Waals surface area contributed by atoms with Crippen molar-refractivity contribution in [1.82, 2.24) is 5.32 Å². The van der Waals surface area contributed by atoms with Crippen LogP contribution in [0.5, 0.6) is 0 Å². The van der Waals surface area contributed by atoms with Crippen molar-refractivity contribution in [3.8, 4) is 0 Å². The van der Waals surface area contributed by atoms with Gasteiger partial charge < -0.3 is 10.1 Å². The Morgan fingerprint density at radius 2 is 2.30 bits per heavy atom. The fourth-order valence-electron chi connectivity index (χ4n) is 1.73. The Morgan fingerprint density at radius 1 is 1.50 bits per heavy atom. The summed E-state index contributed by atoms with van der Waals surface area (Å²) in [6.07, 6.45) is 0. The summed E-state index contributed by atoms with van der Waals surface area (Å²) in [5.41, 5.74) is 1.04. The summed E-state index contributed by atoms with van der Waals surface area (Å²) in [6, 6.07) is 6.59. The lowest BCUT2D eigenvalue weighted by molar-refractivity contribution is -0.117. The molecule has 1 atom stereocenters. The molecule has 1 aliphatic heterocycles. The summed E-state index contributed by atoms with van der Waals surface area (Å²) < 4.78 is 4.92. The molecule has 1 aromatic rings. The molecular formula is C13H17ClN2O3S. The quantitative estimate of drug-likeness (QED) is 0.830. The minimum atomic E-state index is -0.381. The molecule has 1 amide bonds. The van der Waals surface area contributed by atoms with Crippen molar-refractivity contribution in [1.29, 1.82) is 0 Å². The van der Waals surface area contributed by atoms with Gasteiger partial charge in [-0.05, 0) is 25.1 Å². The van der Waals surface area contributed by atoms with Gasteiger partial charge in [-0.3, -0.25) is 10.1 Å². The van der Waals surface area contributed by atoms with Crippen LogP contribution in [0.25, 0.3) is 0 Å². The lowest BCUT2D eigenvalue weighted by atomic mass is 10.2. The second-order valence-electron chi connectivity index (χ2n) is 4.06. The maximum absolute atomic E-state index is 11.9. The van der Waals surface area contributed by atoms with E-state index < -0.39 is 0 Å². The molecule has 1 aromatic carbocycles. The van der Waals surface area contributed by atoms with Gasteiger partial charge in [-0.15, -0.1) is 24.2 Å². The standard InChI is InChI=1S/C13H16N2O3S.ClH/c1-2-18-13(17)9-4-3-5-10(6-9)15-12(16)11-7-19-8-14-11;/h3-6,11,14H,2,7-8H2,1H3,(H,15,16);1H. The number of carbonyl (C=O) groups is 2. The van der Waals surface area contributed by atoms with Gasteiger partial charge >= 0.3 is 5.97 Å². The number of esters is 1. The summed E-state index contributed by atoms with van der Waals surface area (Å²) in [5, 5.41) is 5.89. The maximum Gasteiger partial charge on any atom is 0.338 e. The fourth-order valence-corrected chi connectivity index (χ4v) is 2.67. The van der Waals surface area contributed by atoms with Crippen molar-refractivity contribution >= 4 is 41.7 Å². The smallest absolute Gasteiger partial charge is 0.338 e. The third kappa shape index (κ3) is 4.40. The van der Waals surface area contributed by atoms with Crippen LogP contribution in [0.4, 0.5) is 5.69 Å². The third-order valence-corrected chi connectivity index (χ3v) is 3.61. The molecule has 5 nitrogen and oxygen atoms in total. The Hall–Kier alpha value is -1.24. The van der Waals surface area contributed by atoms with Crippen molar-refractivity contribution in [2.75, 3.05) is 23.6 Å². The molecule has 1 saturated heterocycles. The van der Waals surface area contributed by atoms with Crippen LogP contribution in [0.2, 0.25) is 0 Å². The highest BCUT2D eigenvalue weighted by atomic mass is 35.5. The van der Waals surface area contributed by atoms with Gasteiger partial charge in [0.15, 0.2) is 0 Å². The summed E-state index contributed by atoms with van der Waals surface area (Å²) in [6.45, 7) is 2.09. The Bertz CT molecular complexity index is 478. The molecule has 2 N–H and O–H groups in total. The first kappa shape index (κ1) is 16.8. The van der Waals surface area contributed by atoms with Crippen molar-refractivity contribution < 1.29 is 14.3 Å². The third-order valence-electron chi connectivity index (χ3n) is 2.67. The van der Waals surface area contributed by atoms with E-state index in [-0.39, 0.29) is 30.3 Å². The van der Waals surface area contributed by atoms with Gasteiger partial charge in [0.2, 0.25) is 5.91 Å². The van der Waals surface area contributed by atoms with E-state index in [9.17, 15) is 9.59 Å². The topological polar surface area (TPSA) is 67.4 Å². The highest BCUT2D eigenvalue weighted by Gasteiger charge is 2.22. The number of carbonyl (C=O) groups excluding carboxylic acids is 2. The predicted molar refractivity (Wildman–Crippen MR) is 82.5 cm³/mol. The molecule has 20 heavy (non-hydrogen) atoms. The molecule has 2 rings (SSSR count). The molecule has 0 bridgehead atoms. The number of anilines is 1. The number of benzene rings is 1. The van der Waals surface area contributed by atoms with E-state index in [1.165, 1.54) is 0 Å². The molecule has 110 valence electrons. The first-order chi connectivity index (χ1) is 9.20. The predicted octanol–water partition coefficient (Wildman–Crippen LogP) is 1.89. The number of hydrogen-bond donors (Lipinski definition) is 2. The molecule has 7 heteroatoms. The van der Waals surface area contributed by atoms with E-state index in [0.717, 1.165) is 11.6 Å². The van der Waals surface area contributed by atoms with E-state index in [4.69, 9.17) is 4.74 Å². The van der Waals surface area contributed by atoms with Gasteiger partial charge in [-0.2, -0.15) is 0 Å². The van der Waals surface area contributed by atoms with Gasteiger partial charge in [-0.25, -0.2) is 4.79 Å². The molecule has 0 aromatic heterocycles. The van der Waals surface area contributed by atoms with E-state index in [1.807, 2.05) is 0 Å². The van der Waals surface area contributed by atoms with E-state index >= 15 is 0 Å². The SMILES string of the molecule is CCOC(=O)c1cccc(NC(=O)C2CSCN2)c1.Cl. The zero-order valence-corrected chi connectivity index (χ0v) is 12.7. The van der Waals surface area contributed by atoms with Gasteiger partial charge in [-0.1, -0.05) is 6.07 Å². The highest BCUT2D eigenvalue weighted by molar-refractivity contribution is 7.99. The lowest BCUT2D eigenvalue weighted by Crippen LogP contribution is -2.37. The first-order valence-electron chi connectivity index (χ1n) is 6.10. The molecular weight excluding hydrogens is 300 g/mol. The number of amides is 1. The lowest BCUT2D eigenvalue weighted by Gasteiger charge is -2.11. The Balaban J connectivity index is 0.00000200. The van der Waals surface area contributed by atoms with Crippen LogP contribution in [0.1, 0.15) is 17.3 Å². The number of thioether (sulfide) groups is 1. The van der Waals surface area contributed by atoms with Crippen LogP contribution in [0.3, 0.4) is 0 Å². The maximum atomic E-state index is 11.9. The van der Waals surface area contributed by atoms with Crippen molar-refractivity contribution in [3.63, 3.8) is 0 Å². The molecule has 0 spiro atoms. The van der Waals surface area contributed by atoms with Gasteiger partial charge in [0, 0.05) is 17.3 Å². The molecule has 1 fully saturated rings. The average Bonchev–Trinajstić information content (AvgIpc) is 2.93. The minimum absolute atomic E-state index is 0. The first-order valence-corrected chi connectivity index (χ1v) is 7.25. The minimum Gasteiger partial charge on any atom is -0.462 e. The van der Waals surface area contributed by atoms with Crippen molar-refractivity contribution in [2.24, 2.45) is 0 Å². The second-order valence-corrected chi connectivity index (χ2v) is 5.09. The van der Waals surface area contributed by atoms with Crippen molar-refractivity contribution in [2.45, 2.75) is 13.0 Å². The van der Waals surface area contributed by atoms with Gasteiger partial charge in [0.1, 0.15) is 0 Å². The monoisotopic (exact) mass is 316 g/mol. The van der Waals surface area contributed by atoms with Crippen LogP contribution >= 0.6 is 24.2 Å². The average molecular weight is 317 g/mol. The Labute approximate surface area is 128 Å². The van der Waals surface area contributed by atoms with Crippen LogP contribution in [-0.2, 0) is 9.53 Å². The van der Waals surface area contributed by atoms with E-state index in [0.29, 0.717) is 17.9 Å². The van der Waals surface area contributed by atoms with Crippen molar-refractivity contribution in [3.05, 3.63) is 29.8 Å². The molecule has 0 radical (unpaired) electrons. The molecule has 0 aliphatic carbocycles. The number of hydrogen-bond acceptors (Lipinski definition) is 5. The number of rotatable bonds is 4. The summed E-state index contributed by atoms with van der Waals surface area (Å²) in [7, 11) is 0. The van der Waals surface area contributed by atoms with Crippen LogP contribution < -0.4 is 10.6 Å². The number of ether oxygens (including phenoxy) is 1. The fraction of sp³-hybridized carbons (Fsp3) is 0.385. The highest BCUT2D eigenvalue weighted by Crippen LogP contribution is 2.15. The summed E-state index contributed by atoms with van der Waals surface area (Å²) in [5.74, 6) is 1.10. The normalized spacial score (nSPS) is 17.1. The summed E-state index contributed by atoms with van der Waals surface area (Å²) >= 11 is 1.69. The number of halogens is 1. The summed E-state index contributed by atoms with van der Waals surface area (Å²) in [4.78, 5) is 23.5. The molecule has 1 aliphatic rings. The van der Waals surface area contributed by atoms with Crippen LogP contribution in [0, 0.1) is 0 Å². The zero-order valence-electron chi connectivity index (χ0n) is 11.0. The number of nitrogens with one attached hydrogen (secondary N) is 2.